The molecule has 0 aliphatic carbocycles. The molecular formula is C41H38N4O2Pd. The number of aryl methyl sites for hydroxylation is 4. The van der Waals surface area contributed by atoms with Gasteiger partial charge in [-0.15, -0.1) is 35.7 Å². The van der Waals surface area contributed by atoms with Crippen LogP contribution in [0.25, 0.3) is 44.4 Å². The number of fused-ring (bicyclic) bond motifs is 3. The van der Waals surface area contributed by atoms with Crippen LogP contribution in [0.4, 0.5) is 0 Å². The molecule has 0 aliphatic heterocycles. The number of hydrogen-bond acceptors (Lipinski definition) is 4. The molecule has 3 heterocycles. The van der Waals surface area contributed by atoms with E-state index in [0.717, 1.165) is 69.7 Å². The first kappa shape index (κ1) is 33.2. The quantitative estimate of drug-likeness (QED) is 0.110. The Morgan fingerprint density at radius 1 is 0.750 bits per heavy atom. The molecule has 7 rings (SSSR count). The normalized spacial score (nSPS) is 11.2. The van der Waals surface area contributed by atoms with Gasteiger partial charge >= 0.3 is 20.4 Å². The molecule has 0 saturated heterocycles. The topological polar surface area (TPSA) is 54.1 Å². The molecule has 0 saturated carbocycles. The summed E-state index contributed by atoms with van der Waals surface area (Å²) in [6.07, 6.45) is 4.74. The fraction of sp³-hybridized carbons (Fsp3) is 0.220. The fourth-order valence-electron chi connectivity index (χ4n) is 6.72. The number of para-hydroxylation sites is 1. The summed E-state index contributed by atoms with van der Waals surface area (Å²) in [5.41, 5.74) is 11.5. The van der Waals surface area contributed by atoms with E-state index < -0.39 is 0 Å². The maximum atomic E-state index is 6.43. The van der Waals surface area contributed by atoms with E-state index in [0.29, 0.717) is 11.5 Å². The number of benzene rings is 4. The zero-order chi connectivity index (χ0) is 32.7. The average molecular weight is 725 g/mol. The number of hydrogen-bond donors (Lipinski definition) is 0. The molecule has 0 spiro atoms. The van der Waals surface area contributed by atoms with Crippen LogP contribution in [0.5, 0.6) is 17.2 Å². The second-order valence-electron chi connectivity index (χ2n) is 11.8. The summed E-state index contributed by atoms with van der Waals surface area (Å²) in [5.74, 6) is 2.66. The molecule has 0 unspecified atom stereocenters. The van der Waals surface area contributed by atoms with Crippen molar-refractivity contribution in [3.05, 3.63) is 125 Å². The van der Waals surface area contributed by atoms with Crippen LogP contribution >= 0.6 is 0 Å². The minimum atomic E-state index is 0. The molecule has 7 heteroatoms. The zero-order valence-corrected chi connectivity index (χ0v) is 29.7. The molecule has 0 atom stereocenters. The Balaban J connectivity index is 0.00000401. The van der Waals surface area contributed by atoms with E-state index in [1.54, 1.807) is 13.3 Å². The van der Waals surface area contributed by atoms with E-state index in [1.165, 1.54) is 27.8 Å². The second kappa shape index (κ2) is 13.8. The maximum absolute atomic E-state index is 6.43. The van der Waals surface area contributed by atoms with E-state index >= 15 is 0 Å². The number of nitrogens with zero attached hydrogens (tertiary/aromatic N) is 4. The molecule has 0 fully saturated rings. The summed E-state index contributed by atoms with van der Waals surface area (Å²) < 4.78 is 16.0. The monoisotopic (exact) mass is 724 g/mol. The zero-order valence-electron chi connectivity index (χ0n) is 28.1. The minimum absolute atomic E-state index is 0. The van der Waals surface area contributed by atoms with Gasteiger partial charge in [0.05, 0.1) is 12.8 Å². The Morgan fingerprint density at radius 2 is 1.50 bits per heavy atom. The third-order valence-electron chi connectivity index (χ3n) is 9.01. The molecule has 7 aromatic rings. The summed E-state index contributed by atoms with van der Waals surface area (Å²) in [5, 5.41) is 7.21. The molecule has 4 aromatic carbocycles. The van der Waals surface area contributed by atoms with Crippen LogP contribution in [0.1, 0.15) is 48.8 Å². The van der Waals surface area contributed by atoms with Crippen molar-refractivity contribution in [2.75, 3.05) is 7.11 Å². The van der Waals surface area contributed by atoms with Crippen LogP contribution in [0.3, 0.4) is 0 Å². The summed E-state index contributed by atoms with van der Waals surface area (Å²) >= 11 is 0. The van der Waals surface area contributed by atoms with Crippen molar-refractivity contribution < 1.29 is 29.9 Å². The number of pyridine rings is 1. The summed E-state index contributed by atoms with van der Waals surface area (Å²) in [4.78, 5) is 4.66. The van der Waals surface area contributed by atoms with Gasteiger partial charge in [0, 0.05) is 40.5 Å². The van der Waals surface area contributed by atoms with E-state index in [-0.39, 0.29) is 20.4 Å². The summed E-state index contributed by atoms with van der Waals surface area (Å²) in [7, 11) is 1.66. The van der Waals surface area contributed by atoms with Crippen LogP contribution < -0.4 is 9.47 Å². The van der Waals surface area contributed by atoms with Crippen molar-refractivity contribution in [2.45, 2.75) is 53.9 Å². The molecule has 244 valence electrons. The third-order valence-corrected chi connectivity index (χ3v) is 9.01. The third kappa shape index (κ3) is 5.83. The van der Waals surface area contributed by atoms with Gasteiger partial charge in [0.1, 0.15) is 11.6 Å². The first-order valence-corrected chi connectivity index (χ1v) is 16.3. The largest absolute Gasteiger partial charge is 2.00 e. The average Bonchev–Trinajstić information content (AvgIpc) is 3.59. The molecule has 0 aliphatic rings. The molecule has 0 N–H and O–H groups in total. The van der Waals surface area contributed by atoms with E-state index in [2.05, 4.69) is 86.6 Å². The molecule has 0 bridgehead atoms. The summed E-state index contributed by atoms with van der Waals surface area (Å²) in [6.45, 7) is 11.0. The van der Waals surface area contributed by atoms with Gasteiger partial charge in [0.2, 0.25) is 0 Å². The predicted molar refractivity (Wildman–Crippen MR) is 189 cm³/mol. The SMILES string of the molecule is CCc1cc(CC)c(-c2c(C)nn(-c3[c-]c(Oc4[c-]c5c(cc4)c4ccccc4n5-c4cc(OC)ccn4)ccc3)c2C)c(CC)c1.[Pd+2]. The van der Waals surface area contributed by atoms with E-state index in [1.807, 2.05) is 53.2 Å². The Morgan fingerprint density at radius 3 is 2.23 bits per heavy atom. The first-order chi connectivity index (χ1) is 22.9. The Kier molecular flexibility index (Phi) is 9.55. The fourth-order valence-corrected chi connectivity index (χ4v) is 6.72. The summed E-state index contributed by atoms with van der Waals surface area (Å²) in [6, 6.07) is 33.8. The van der Waals surface area contributed by atoms with Crippen LogP contribution in [0.15, 0.2) is 85.1 Å². The number of ether oxygens (including phenoxy) is 2. The predicted octanol–water partition coefficient (Wildman–Crippen LogP) is 9.73. The van der Waals surface area contributed by atoms with Gasteiger partial charge in [-0.05, 0) is 78.6 Å². The molecule has 0 amide bonds. The van der Waals surface area contributed by atoms with Crippen molar-refractivity contribution in [3.63, 3.8) is 0 Å². The molecule has 3 aromatic heterocycles. The van der Waals surface area contributed by atoms with Crippen molar-refractivity contribution >= 4 is 21.8 Å². The first-order valence-electron chi connectivity index (χ1n) is 16.3. The Labute approximate surface area is 296 Å². The number of aromatic nitrogens is 4. The van der Waals surface area contributed by atoms with E-state index in [9.17, 15) is 0 Å². The van der Waals surface area contributed by atoms with Crippen LogP contribution in [-0.4, -0.2) is 26.4 Å². The van der Waals surface area contributed by atoms with E-state index in [4.69, 9.17) is 14.6 Å². The second-order valence-corrected chi connectivity index (χ2v) is 11.8. The number of rotatable bonds is 9. The Bertz CT molecular complexity index is 2240. The van der Waals surface area contributed by atoms with Crippen LogP contribution in [-0.2, 0) is 39.7 Å². The molecular weight excluding hydrogens is 687 g/mol. The Hall–Kier alpha value is -4.70. The minimum Gasteiger partial charge on any atom is -0.509 e. The van der Waals surface area contributed by atoms with Gasteiger partial charge in [-0.25, -0.2) is 4.98 Å². The van der Waals surface area contributed by atoms with Gasteiger partial charge < -0.3 is 14.0 Å². The van der Waals surface area contributed by atoms with Crippen molar-refractivity contribution in [3.8, 4) is 39.9 Å². The number of methoxy groups -OCH3 is 1. The molecule has 6 nitrogen and oxygen atoms in total. The van der Waals surface area contributed by atoms with Gasteiger partial charge in [-0.1, -0.05) is 56.6 Å². The smallest absolute Gasteiger partial charge is 0.509 e. The van der Waals surface area contributed by atoms with Crippen LogP contribution in [0, 0.1) is 26.0 Å². The van der Waals surface area contributed by atoms with Gasteiger partial charge in [0.15, 0.2) is 0 Å². The molecule has 48 heavy (non-hydrogen) atoms. The maximum Gasteiger partial charge on any atom is 2.00 e. The van der Waals surface area contributed by atoms with Crippen molar-refractivity contribution in [2.24, 2.45) is 0 Å². The van der Waals surface area contributed by atoms with Gasteiger partial charge in [0.25, 0.3) is 0 Å². The van der Waals surface area contributed by atoms with Crippen molar-refractivity contribution in [1.82, 2.24) is 19.3 Å². The standard InChI is InChI=1S/C41H38N4O2.Pd/c1-7-28-21-29(8-2)41(30(9-3)22-28)40-26(4)43-45(27(40)5)31-13-12-14-33(23-31)47-34-17-18-36-35-15-10-11-16-37(35)44(38(36)24-34)39-25-32(46-6)19-20-42-39;/h10-22,25H,7-9H2,1-6H3;/q-2;+2. The van der Waals surface area contributed by atoms with Gasteiger partial charge in [-0.3, -0.25) is 4.68 Å². The van der Waals surface area contributed by atoms with Gasteiger partial charge in [-0.2, -0.15) is 17.2 Å². The van der Waals surface area contributed by atoms with Crippen molar-refractivity contribution in [1.29, 1.82) is 0 Å². The molecule has 0 radical (unpaired) electrons. The van der Waals surface area contributed by atoms with Crippen LogP contribution in [0.2, 0.25) is 0 Å².